The van der Waals surface area contributed by atoms with Gasteiger partial charge in [-0.15, -0.1) is 5.10 Å². The minimum Gasteiger partial charge on any atom is -0.366 e. The second-order valence-electron chi connectivity index (χ2n) is 5.08. The summed E-state index contributed by atoms with van der Waals surface area (Å²) < 4.78 is 1.66. The van der Waals surface area contributed by atoms with Gasteiger partial charge in [-0.3, -0.25) is 0 Å². The molecule has 0 radical (unpaired) electrons. The van der Waals surface area contributed by atoms with Crippen LogP contribution in [-0.4, -0.2) is 19.6 Å². The Labute approximate surface area is 137 Å². The molecule has 2 N–H and O–H groups in total. The van der Waals surface area contributed by atoms with Gasteiger partial charge in [0.05, 0.1) is 11.4 Å². The number of nitrogens with two attached hydrogens (primary N) is 1. The van der Waals surface area contributed by atoms with Gasteiger partial charge in [-0.05, 0) is 18.2 Å². The molecule has 0 aliphatic carbocycles. The molecule has 2 heterocycles. The fraction of sp³-hybridized carbons (Fsp3) is 0. The van der Waals surface area contributed by atoms with Crippen LogP contribution in [0.4, 0.5) is 5.95 Å². The Bertz CT molecular complexity index is 977. The second-order valence-corrected chi connectivity index (χ2v) is 5.52. The van der Waals surface area contributed by atoms with Crippen molar-refractivity contribution >= 4 is 23.3 Å². The zero-order valence-corrected chi connectivity index (χ0v) is 12.8. The highest BCUT2D eigenvalue weighted by Crippen LogP contribution is 2.26. The lowest BCUT2D eigenvalue weighted by atomic mass is 10.1. The van der Waals surface area contributed by atoms with Gasteiger partial charge in [0.25, 0.3) is 5.78 Å². The molecule has 23 heavy (non-hydrogen) atoms. The minimum absolute atomic E-state index is 0.197. The number of nitrogens with zero attached hydrogens (tertiary/aromatic N) is 4. The summed E-state index contributed by atoms with van der Waals surface area (Å²) >= 11 is 5.96. The van der Waals surface area contributed by atoms with E-state index in [1.807, 2.05) is 60.7 Å². The molecule has 0 aliphatic rings. The molecule has 2 aromatic heterocycles. The average molecular weight is 322 g/mol. The van der Waals surface area contributed by atoms with E-state index in [9.17, 15) is 0 Å². The lowest BCUT2D eigenvalue weighted by Crippen LogP contribution is -1.99. The van der Waals surface area contributed by atoms with E-state index < -0.39 is 0 Å². The number of fused-ring (bicyclic) bond motifs is 1. The summed E-state index contributed by atoms with van der Waals surface area (Å²) in [4.78, 5) is 8.74. The lowest BCUT2D eigenvalue weighted by Gasteiger charge is -2.07. The van der Waals surface area contributed by atoms with Crippen molar-refractivity contribution in [3.63, 3.8) is 0 Å². The highest BCUT2D eigenvalue weighted by molar-refractivity contribution is 6.30. The molecule has 4 aromatic rings. The first kappa shape index (κ1) is 13.7. The quantitative estimate of drug-likeness (QED) is 0.611. The molecule has 0 fully saturated rings. The summed E-state index contributed by atoms with van der Waals surface area (Å²) in [6, 6.07) is 19.4. The third-order valence-electron chi connectivity index (χ3n) is 3.54. The fourth-order valence-corrected chi connectivity index (χ4v) is 2.59. The molecular weight excluding hydrogens is 310 g/mol. The summed E-state index contributed by atoms with van der Waals surface area (Å²) in [5.74, 6) is 0.664. The van der Waals surface area contributed by atoms with Crippen LogP contribution in [0.1, 0.15) is 0 Å². The molecule has 0 spiro atoms. The van der Waals surface area contributed by atoms with Crippen molar-refractivity contribution in [2.45, 2.75) is 0 Å². The van der Waals surface area contributed by atoms with Crippen LogP contribution in [0.15, 0.2) is 60.7 Å². The molecule has 0 saturated heterocycles. The maximum absolute atomic E-state index is 5.96. The molecule has 0 unspecified atom stereocenters. The fourth-order valence-electron chi connectivity index (χ4n) is 2.47. The molecule has 5 nitrogen and oxygen atoms in total. The Balaban J connectivity index is 1.98. The normalized spacial score (nSPS) is 11.0. The van der Waals surface area contributed by atoms with Crippen LogP contribution in [0.2, 0.25) is 5.02 Å². The number of rotatable bonds is 2. The van der Waals surface area contributed by atoms with Gasteiger partial charge >= 0.3 is 0 Å². The van der Waals surface area contributed by atoms with E-state index in [0.29, 0.717) is 10.8 Å². The zero-order chi connectivity index (χ0) is 15.8. The number of benzene rings is 2. The molecular formula is C17H12ClN5. The Hall–Kier alpha value is -2.92. The summed E-state index contributed by atoms with van der Waals surface area (Å²) in [6.07, 6.45) is 0. The van der Waals surface area contributed by atoms with Gasteiger partial charge in [0.15, 0.2) is 0 Å². The number of aromatic nitrogens is 4. The molecule has 0 aliphatic heterocycles. The average Bonchev–Trinajstić information content (AvgIpc) is 2.95. The Morgan fingerprint density at radius 1 is 0.870 bits per heavy atom. The number of anilines is 1. The van der Waals surface area contributed by atoms with E-state index in [2.05, 4.69) is 15.1 Å². The minimum atomic E-state index is 0.197. The third kappa shape index (κ3) is 2.51. The van der Waals surface area contributed by atoms with Crippen LogP contribution in [0, 0.1) is 0 Å². The summed E-state index contributed by atoms with van der Waals surface area (Å²) in [7, 11) is 0. The van der Waals surface area contributed by atoms with Gasteiger partial charge in [0.2, 0.25) is 5.95 Å². The summed E-state index contributed by atoms with van der Waals surface area (Å²) in [5.41, 5.74) is 9.39. The monoisotopic (exact) mass is 321 g/mol. The van der Waals surface area contributed by atoms with Gasteiger partial charge in [-0.25, -0.2) is 4.98 Å². The number of nitrogen functional groups attached to an aromatic ring is 1. The van der Waals surface area contributed by atoms with Crippen LogP contribution in [0.3, 0.4) is 0 Å². The van der Waals surface area contributed by atoms with Gasteiger partial charge in [0, 0.05) is 16.1 Å². The largest absolute Gasteiger partial charge is 0.366 e. The lowest BCUT2D eigenvalue weighted by molar-refractivity contribution is 0.954. The topological polar surface area (TPSA) is 69.1 Å². The van der Waals surface area contributed by atoms with Crippen molar-refractivity contribution in [1.29, 1.82) is 0 Å². The first-order chi connectivity index (χ1) is 11.2. The van der Waals surface area contributed by atoms with E-state index in [1.54, 1.807) is 4.52 Å². The molecule has 112 valence electrons. The van der Waals surface area contributed by atoms with Gasteiger partial charge < -0.3 is 5.73 Å². The van der Waals surface area contributed by atoms with Crippen molar-refractivity contribution in [2.75, 3.05) is 5.73 Å². The van der Waals surface area contributed by atoms with Crippen molar-refractivity contribution in [2.24, 2.45) is 0 Å². The van der Waals surface area contributed by atoms with Crippen LogP contribution in [0.5, 0.6) is 0 Å². The Kier molecular flexibility index (Phi) is 3.20. The summed E-state index contributed by atoms with van der Waals surface area (Å²) in [5, 5.41) is 4.92. The van der Waals surface area contributed by atoms with Gasteiger partial charge in [-0.1, -0.05) is 54.1 Å². The van der Waals surface area contributed by atoms with E-state index in [1.165, 1.54) is 0 Å². The van der Waals surface area contributed by atoms with Crippen LogP contribution in [0.25, 0.3) is 28.3 Å². The van der Waals surface area contributed by atoms with E-state index in [0.717, 1.165) is 22.5 Å². The Morgan fingerprint density at radius 2 is 1.61 bits per heavy atom. The van der Waals surface area contributed by atoms with E-state index in [4.69, 9.17) is 17.3 Å². The van der Waals surface area contributed by atoms with Crippen LogP contribution < -0.4 is 5.73 Å². The van der Waals surface area contributed by atoms with E-state index >= 15 is 0 Å². The second kappa shape index (κ2) is 5.37. The summed E-state index contributed by atoms with van der Waals surface area (Å²) in [6.45, 7) is 0. The SMILES string of the molecule is Nc1nc2nc(-c3ccc(Cl)cc3)cc(-c3ccccc3)n2n1. The maximum atomic E-state index is 5.96. The first-order valence-corrected chi connectivity index (χ1v) is 7.43. The molecule has 6 heteroatoms. The van der Waals surface area contributed by atoms with Crippen molar-refractivity contribution in [1.82, 2.24) is 19.6 Å². The maximum Gasteiger partial charge on any atom is 0.255 e. The molecule has 0 saturated carbocycles. The predicted molar refractivity (Wildman–Crippen MR) is 91.1 cm³/mol. The third-order valence-corrected chi connectivity index (χ3v) is 3.79. The van der Waals surface area contributed by atoms with Gasteiger partial charge in [-0.2, -0.15) is 9.50 Å². The number of halogens is 1. The van der Waals surface area contributed by atoms with Crippen molar-refractivity contribution in [3.8, 4) is 22.5 Å². The van der Waals surface area contributed by atoms with Crippen molar-refractivity contribution < 1.29 is 0 Å². The smallest absolute Gasteiger partial charge is 0.255 e. The number of hydrogen-bond acceptors (Lipinski definition) is 4. The first-order valence-electron chi connectivity index (χ1n) is 7.05. The predicted octanol–water partition coefficient (Wildman–Crippen LogP) is 3.69. The highest BCUT2D eigenvalue weighted by atomic mass is 35.5. The standard InChI is InChI=1S/C17H12ClN5/c18-13-8-6-11(7-9-13)14-10-15(12-4-2-1-3-5-12)23-17(20-14)21-16(19)22-23/h1-10H,(H2,19,22). The molecule has 0 atom stereocenters. The van der Waals surface area contributed by atoms with Crippen molar-refractivity contribution in [3.05, 3.63) is 65.7 Å². The van der Waals surface area contributed by atoms with Crippen LogP contribution >= 0.6 is 11.6 Å². The molecule has 0 bridgehead atoms. The Morgan fingerprint density at radius 3 is 2.35 bits per heavy atom. The zero-order valence-electron chi connectivity index (χ0n) is 12.0. The molecule has 2 aromatic carbocycles. The van der Waals surface area contributed by atoms with Gasteiger partial charge in [0.1, 0.15) is 0 Å². The van der Waals surface area contributed by atoms with Crippen LogP contribution in [-0.2, 0) is 0 Å². The molecule has 0 amide bonds. The number of hydrogen-bond donors (Lipinski definition) is 1. The molecule has 4 rings (SSSR count). The highest BCUT2D eigenvalue weighted by Gasteiger charge is 2.12. The van der Waals surface area contributed by atoms with E-state index in [-0.39, 0.29) is 5.95 Å².